The number of benzene rings is 1. The molecule has 0 atom stereocenters. The maximum absolute atomic E-state index is 12.1. The fourth-order valence-corrected chi connectivity index (χ4v) is 1.69. The van der Waals surface area contributed by atoms with Crippen molar-refractivity contribution in [3.63, 3.8) is 0 Å². The molecule has 0 radical (unpaired) electrons. The van der Waals surface area contributed by atoms with Gasteiger partial charge in [0.15, 0.2) is 0 Å². The Bertz CT molecular complexity index is 563. The van der Waals surface area contributed by atoms with Crippen molar-refractivity contribution in [3.05, 3.63) is 29.3 Å². The molecule has 1 aromatic rings. The number of aliphatic carboxylic acids is 1. The van der Waals surface area contributed by atoms with Gasteiger partial charge in [-0.3, -0.25) is 4.79 Å². The van der Waals surface area contributed by atoms with E-state index in [1.807, 2.05) is 32.0 Å². The van der Waals surface area contributed by atoms with Crippen LogP contribution in [0.15, 0.2) is 18.2 Å². The van der Waals surface area contributed by atoms with Crippen molar-refractivity contribution in [2.75, 3.05) is 5.32 Å². The Morgan fingerprint density at radius 3 is 2.10 bits per heavy atom. The second-order valence-corrected chi connectivity index (χ2v) is 6.43. The third kappa shape index (κ3) is 3.74. The van der Waals surface area contributed by atoms with Gasteiger partial charge in [-0.1, -0.05) is 6.07 Å². The molecule has 3 N–H and O–H groups in total. The molecule has 0 aliphatic rings. The van der Waals surface area contributed by atoms with E-state index in [9.17, 15) is 14.7 Å². The number of aryl methyl sites for hydroxylation is 2. The van der Waals surface area contributed by atoms with Crippen LogP contribution in [0.1, 0.15) is 38.8 Å². The number of nitrogens with one attached hydrogen (secondary N) is 2. The van der Waals surface area contributed by atoms with Crippen LogP contribution in [-0.2, 0) is 4.79 Å². The van der Waals surface area contributed by atoms with Crippen LogP contribution in [0.25, 0.3) is 0 Å². The number of carboxylic acids is 1. The lowest BCUT2D eigenvalue weighted by Gasteiger charge is -2.38. The molecular formula is C16H24N2O3. The van der Waals surface area contributed by atoms with E-state index in [1.165, 1.54) is 0 Å². The minimum Gasteiger partial charge on any atom is -0.481 e. The molecule has 2 amide bonds. The zero-order valence-corrected chi connectivity index (χ0v) is 13.5. The molecule has 0 bridgehead atoms. The van der Waals surface area contributed by atoms with Gasteiger partial charge in [-0.2, -0.15) is 0 Å². The summed E-state index contributed by atoms with van der Waals surface area (Å²) >= 11 is 0. The van der Waals surface area contributed by atoms with Gasteiger partial charge in [0.25, 0.3) is 0 Å². The standard InChI is InChI=1S/C16H24N2O3/c1-10-7-8-12(9-11(10)2)17-14(21)18-16(5,6)15(3,4)13(19)20/h7-9H,1-6H3,(H,19,20)(H2,17,18,21). The molecule has 5 heteroatoms. The van der Waals surface area contributed by atoms with Gasteiger partial charge in [-0.05, 0) is 64.8 Å². The Morgan fingerprint density at radius 1 is 1.05 bits per heavy atom. The zero-order valence-electron chi connectivity index (χ0n) is 13.5. The van der Waals surface area contributed by atoms with E-state index < -0.39 is 23.0 Å². The number of amides is 2. The van der Waals surface area contributed by atoms with Gasteiger partial charge in [0, 0.05) is 5.69 Å². The maximum atomic E-state index is 12.1. The molecule has 0 saturated carbocycles. The zero-order chi connectivity index (χ0) is 16.4. The highest BCUT2D eigenvalue weighted by Crippen LogP contribution is 2.30. The number of anilines is 1. The van der Waals surface area contributed by atoms with Gasteiger partial charge in [0.2, 0.25) is 0 Å². The Kier molecular flexibility index (Phi) is 4.66. The highest BCUT2D eigenvalue weighted by atomic mass is 16.4. The van der Waals surface area contributed by atoms with E-state index >= 15 is 0 Å². The van der Waals surface area contributed by atoms with Crippen molar-refractivity contribution in [2.45, 2.75) is 47.1 Å². The molecule has 116 valence electrons. The Labute approximate surface area is 125 Å². The monoisotopic (exact) mass is 292 g/mol. The summed E-state index contributed by atoms with van der Waals surface area (Å²) in [4.78, 5) is 23.4. The molecule has 0 fully saturated rings. The number of carbonyl (C=O) groups is 2. The predicted octanol–water partition coefficient (Wildman–Crippen LogP) is 3.31. The largest absolute Gasteiger partial charge is 0.481 e. The van der Waals surface area contributed by atoms with Gasteiger partial charge in [-0.15, -0.1) is 0 Å². The van der Waals surface area contributed by atoms with Gasteiger partial charge >= 0.3 is 12.0 Å². The first-order valence-corrected chi connectivity index (χ1v) is 6.87. The summed E-state index contributed by atoms with van der Waals surface area (Å²) in [6, 6.07) is 5.20. The van der Waals surface area contributed by atoms with E-state index in [1.54, 1.807) is 27.7 Å². The molecule has 21 heavy (non-hydrogen) atoms. The van der Waals surface area contributed by atoms with Crippen molar-refractivity contribution in [2.24, 2.45) is 5.41 Å². The van der Waals surface area contributed by atoms with Crippen LogP contribution in [0.4, 0.5) is 10.5 Å². The highest BCUT2D eigenvalue weighted by molar-refractivity contribution is 5.90. The smallest absolute Gasteiger partial charge is 0.319 e. The van der Waals surface area contributed by atoms with Crippen LogP contribution in [0.3, 0.4) is 0 Å². The third-order valence-corrected chi connectivity index (χ3v) is 4.29. The Hall–Kier alpha value is -2.04. The molecule has 0 spiro atoms. The molecule has 0 aliphatic heterocycles. The number of carbonyl (C=O) groups excluding carboxylic acids is 1. The first-order chi connectivity index (χ1) is 9.47. The molecule has 0 aliphatic carbocycles. The van der Waals surface area contributed by atoms with Crippen molar-refractivity contribution >= 4 is 17.7 Å². The summed E-state index contributed by atoms with van der Waals surface area (Å²) < 4.78 is 0. The SMILES string of the molecule is Cc1ccc(NC(=O)NC(C)(C)C(C)(C)C(=O)O)cc1C. The van der Waals surface area contributed by atoms with Gasteiger partial charge < -0.3 is 15.7 Å². The van der Waals surface area contributed by atoms with E-state index in [0.717, 1.165) is 11.1 Å². The molecule has 0 saturated heterocycles. The van der Waals surface area contributed by atoms with E-state index in [2.05, 4.69) is 10.6 Å². The van der Waals surface area contributed by atoms with Crippen LogP contribution in [0.5, 0.6) is 0 Å². The van der Waals surface area contributed by atoms with Crippen molar-refractivity contribution in [1.82, 2.24) is 5.32 Å². The fourth-order valence-electron chi connectivity index (χ4n) is 1.69. The van der Waals surface area contributed by atoms with Crippen molar-refractivity contribution in [3.8, 4) is 0 Å². The number of rotatable bonds is 4. The molecule has 1 rings (SSSR count). The topological polar surface area (TPSA) is 78.4 Å². The second kappa shape index (κ2) is 5.76. The first kappa shape index (κ1) is 17.0. The molecule has 0 heterocycles. The number of hydrogen-bond donors (Lipinski definition) is 3. The summed E-state index contributed by atoms with van der Waals surface area (Å²) in [6.07, 6.45) is 0. The normalized spacial score (nSPS) is 11.9. The molecule has 1 aromatic carbocycles. The van der Waals surface area contributed by atoms with E-state index in [0.29, 0.717) is 5.69 Å². The maximum Gasteiger partial charge on any atom is 0.319 e. The highest BCUT2D eigenvalue weighted by Gasteiger charge is 2.44. The lowest BCUT2D eigenvalue weighted by atomic mass is 9.74. The first-order valence-electron chi connectivity index (χ1n) is 6.87. The van der Waals surface area contributed by atoms with Crippen LogP contribution in [0, 0.1) is 19.3 Å². The molecule has 0 aromatic heterocycles. The minimum absolute atomic E-state index is 0.419. The van der Waals surface area contributed by atoms with Gasteiger partial charge in [0.05, 0.1) is 11.0 Å². The Morgan fingerprint density at radius 2 is 1.62 bits per heavy atom. The number of carboxylic acid groups (broad SMARTS) is 1. The summed E-state index contributed by atoms with van der Waals surface area (Å²) in [5, 5.41) is 14.7. The molecule has 0 unspecified atom stereocenters. The predicted molar refractivity (Wildman–Crippen MR) is 83.6 cm³/mol. The summed E-state index contributed by atoms with van der Waals surface area (Å²) in [5.41, 5.74) is 0.918. The summed E-state index contributed by atoms with van der Waals surface area (Å²) in [7, 11) is 0. The average molecular weight is 292 g/mol. The molecule has 5 nitrogen and oxygen atoms in total. The Balaban J connectivity index is 2.81. The quantitative estimate of drug-likeness (QED) is 0.796. The fraction of sp³-hybridized carbons (Fsp3) is 0.500. The molecular weight excluding hydrogens is 268 g/mol. The van der Waals surface area contributed by atoms with Crippen LogP contribution >= 0.6 is 0 Å². The van der Waals surface area contributed by atoms with E-state index in [4.69, 9.17) is 0 Å². The average Bonchev–Trinajstić information content (AvgIpc) is 2.32. The van der Waals surface area contributed by atoms with Gasteiger partial charge in [0.1, 0.15) is 0 Å². The second-order valence-electron chi connectivity index (χ2n) is 6.43. The van der Waals surface area contributed by atoms with Crippen LogP contribution in [0.2, 0.25) is 0 Å². The van der Waals surface area contributed by atoms with Crippen molar-refractivity contribution < 1.29 is 14.7 Å². The number of hydrogen-bond acceptors (Lipinski definition) is 2. The minimum atomic E-state index is -1.09. The van der Waals surface area contributed by atoms with E-state index in [-0.39, 0.29) is 0 Å². The lowest BCUT2D eigenvalue weighted by molar-refractivity contribution is -0.150. The van der Waals surface area contributed by atoms with Gasteiger partial charge in [-0.25, -0.2) is 4.79 Å². The van der Waals surface area contributed by atoms with Crippen LogP contribution < -0.4 is 10.6 Å². The number of urea groups is 1. The van der Waals surface area contributed by atoms with Crippen LogP contribution in [-0.4, -0.2) is 22.6 Å². The lowest BCUT2D eigenvalue weighted by Crippen LogP contribution is -2.57. The third-order valence-electron chi connectivity index (χ3n) is 4.29. The summed E-state index contributed by atoms with van der Waals surface area (Å²) in [5.74, 6) is -0.959. The van der Waals surface area contributed by atoms with Crippen molar-refractivity contribution in [1.29, 1.82) is 0 Å². The summed E-state index contributed by atoms with van der Waals surface area (Å²) in [6.45, 7) is 10.5.